The molecule has 1 radical (unpaired) electrons. The predicted octanol–water partition coefficient (Wildman–Crippen LogP) is 5.75. The molecule has 1 nitrogen and oxygen atoms in total. The topological polar surface area (TPSA) is 3.24 Å². The van der Waals surface area contributed by atoms with Crippen LogP contribution in [0.15, 0.2) is 12.2 Å². The van der Waals surface area contributed by atoms with Crippen LogP contribution in [0.2, 0.25) is 0 Å². The van der Waals surface area contributed by atoms with Crippen molar-refractivity contribution < 1.29 is 0 Å². The number of unbranched alkanes of at least 4 members (excludes halogenated alkanes) is 10. The summed E-state index contributed by atoms with van der Waals surface area (Å²) in [6, 6.07) is 0. The van der Waals surface area contributed by atoms with Crippen molar-refractivity contribution >= 4 is 18.9 Å². The van der Waals surface area contributed by atoms with Gasteiger partial charge in [-0.15, -0.1) is 0 Å². The summed E-state index contributed by atoms with van der Waals surface area (Å²) >= 11 is 0. The average Bonchev–Trinajstić information content (AvgIpc) is 2.50. The zero-order valence-electron chi connectivity index (χ0n) is 14.9. The number of nitrogens with zero attached hydrogens (tertiary/aromatic N) is 1. The molecular weight excluding hydrogens is 261 g/mol. The van der Waals surface area contributed by atoms with Crippen molar-refractivity contribution in [1.82, 2.24) is 4.90 Å². The molecular formula is C20H41LiN. The van der Waals surface area contributed by atoms with Gasteiger partial charge in [0.15, 0.2) is 0 Å². The van der Waals surface area contributed by atoms with E-state index in [4.69, 9.17) is 0 Å². The van der Waals surface area contributed by atoms with Crippen molar-refractivity contribution in [1.29, 1.82) is 0 Å². The summed E-state index contributed by atoms with van der Waals surface area (Å²) in [4.78, 5) is 2.61. The van der Waals surface area contributed by atoms with Crippen LogP contribution in [0.5, 0.6) is 0 Å². The van der Waals surface area contributed by atoms with Crippen LogP contribution in [-0.2, 0) is 0 Å². The van der Waals surface area contributed by atoms with Crippen LogP contribution >= 0.6 is 0 Å². The van der Waals surface area contributed by atoms with E-state index < -0.39 is 0 Å². The molecule has 0 aliphatic carbocycles. The number of rotatable bonds is 16. The first-order chi connectivity index (χ1) is 10.3. The van der Waals surface area contributed by atoms with Gasteiger partial charge < -0.3 is 0 Å². The Labute approximate surface area is 153 Å². The zero-order valence-corrected chi connectivity index (χ0v) is 14.9. The van der Waals surface area contributed by atoms with Crippen LogP contribution in [0.25, 0.3) is 0 Å². The van der Waals surface area contributed by atoms with Crippen LogP contribution in [0.4, 0.5) is 0 Å². The Morgan fingerprint density at radius 3 is 1.50 bits per heavy atom. The molecule has 0 saturated heterocycles. The SMILES string of the molecule is [CH2]/C=C/CN(CCCCCCCC)CCCCCCCC.[LiH]. The van der Waals surface area contributed by atoms with Gasteiger partial charge in [0.25, 0.3) is 0 Å². The second-order valence-electron chi connectivity index (χ2n) is 6.31. The molecule has 0 unspecified atom stereocenters. The molecule has 0 aromatic carbocycles. The first kappa shape index (κ1) is 24.5. The normalized spacial score (nSPS) is 11.3. The molecule has 0 fully saturated rings. The Bertz CT molecular complexity index is 200. The number of hydrogen-bond donors (Lipinski definition) is 0. The van der Waals surface area contributed by atoms with Crippen molar-refractivity contribution in [2.24, 2.45) is 0 Å². The Morgan fingerprint density at radius 1 is 0.682 bits per heavy atom. The fraction of sp³-hybridized carbons (Fsp3) is 0.850. The van der Waals surface area contributed by atoms with Gasteiger partial charge in [0.1, 0.15) is 0 Å². The second kappa shape index (κ2) is 21.3. The summed E-state index contributed by atoms with van der Waals surface area (Å²) in [6.07, 6.45) is 20.9. The van der Waals surface area contributed by atoms with Gasteiger partial charge >= 0.3 is 18.9 Å². The van der Waals surface area contributed by atoms with Gasteiger partial charge in [0, 0.05) is 6.54 Å². The fourth-order valence-electron chi connectivity index (χ4n) is 2.75. The summed E-state index contributed by atoms with van der Waals surface area (Å²) in [6.45, 7) is 12.0. The minimum absolute atomic E-state index is 0. The van der Waals surface area contributed by atoms with Crippen LogP contribution in [0.3, 0.4) is 0 Å². The summed E-state index contributed by atoms with van der Waals surface area (Å²) in [5, 5.41) is 0. The van der Waals surface area contributed by atoms with Gasteiger partial charge in [-0.1, -0.05) is 90.2 Å². The molecule has 2 heteroatoms. The van der Waals surface area contributed by atoms with Crippen LogP contribution in [0.1, 0.15) is 90.9 Å². The third kappa shape index (κ3) is 18.3. The molecule has 0 aliphatic rings. The van der Waals surface area contributed by atoms with Gasteiger partial charge in [-0.3, -0.25) is 4.90 Å². The van der Waals surface area contributed by atoms with E-state index >= 15 is 0 Å². The first-order valence-corrected chi connectivity index (χ1v) is 9.51. The number of allylic oxidation sites excluding steroid dienone is 1. The Hall–Kier alpha value is 0.297. The van der Waals surface area contributed by atoms with Crippen molar-refractivity contribution in [2.45, 2.75) is 90.9 Å². The Balaban J connectivity index is 0. The van der Waals surface area contributed by atoms with Gasteiger partial charge in [-0.2, -0.15) is 0 Å². The third-order valence-electron chi connectivity index (χ3n) is 4.19. The van der Waals surface area contributed by atoms with E-state index in [2.05, 4.69) is 31.7 Å². The zero-order chi connectivity index (χ0) is 15.6. The Kier molecular flexibility index (Phi) is 23.8. The first-order valence-electron chi connectivity index (χ1n) is 9.51. The molecule has 0 aromatic heterocycles. The molecule has 0 atom stereocenters. The standard InChI is InChI=1S/C20H40N.Li.H/c1-4-7-10-12-14-16-19-21(18-9-6-3)20-17-15-13-11-8-5-2;;/h6,9H,3-5,7-8,10-20H2,1-2H3;;/b9-6+;;. The molecule has 0 rings (SSSR count). The van der Waals surface area contributed by atoms with Crippen molar-refractivity contribution in [3.63, 3.8) is 0 Å². The molecule has 0 aromatic rings. The number of hydrogen-bond acceptors (Lipinski definition) is 1. The predicted molar refractivity (Wildman–Crippen MR) is 105 cm³/mol. The van der Waals surface area contributed by atoms with E-state index in [1.807, 2.05) is 6.08 Å². The van der Waals surface area contributed by atoms with Gasteiger partial charge in [0.2, 0.25) is 0 Å². The second-order valence-corrected chi connectivity index (χ2v) is 6.31. The summed E-state index contributed by atoms with van der Waals surface area (Å²) < 4.78 is 0. The molecule has 0 heterocycles. The molecule has 0 N–H and O–H groups in total. The van der Waals surface area contributed by atoms with E-state index in [9.17, 15) is 0 Å². The van der Waals surface area contributed by atoms with E-state index in [1.54, 1.807) is 0 Å². The van der Waals surface area contributed by atoms with Crippen LogP contribution in [0, 0.1) is 6.92 Å². The van der Waals surface area contributed by atoms with Gasteiger partial charge in [-0.05, 0) is 32.9 Å². The summed E-state index contributed by atoms with van der Waals surface area (Å²) in [5.74, 6) is 0. The van der Waals surface area contributed by atoms with Crippen molar-refractivity contribution in [3.8, 4) is 0 Å². The molecule has 0 spiro atoms. The van der Waals surface area contributed by atoms with E-state index in [1.165, 1.54) is 90.1 Å². The summed E-state index contributed by atoms with van der Waals surface area (Å²) in [5.41, 5.74) is 0. The maximum absolute atomic E-state index is 3.81. The fourth-order valence-corrected chi connectivity index (χ4v) is 2.75. The maximum atomic E-state index is 3.81. The molecule has 0 saturated carbocycles. The van der Waals surface area contributed by atoms with Crippen LogP contribution in [-0.4, -0.2) is 43.4 Å². The molecule has 22 heavy (non-hydrogen) atoms. The van der Waals surface area contributed by atoms with E-state index in [0.29, 0.717) is 0 Å². The van der Waals surface area contributed by atoms with Crippen molar-refractivity contribution in [3.05, 3.63) is 19.1 Å². The Morgan fingerprint density at radius 2 is 1.09 bits per heavy atom. The average molecular weight is 302 g/mol. The molecule has 0 aliphatic heterocycles. The van der Waals surface area contributed by atoms with E-state index in [-0.39, 0.29) is 18.9 Å². The van der Waals surface area contributed by atoms with Crippen LogP contribution < -0.4 is 0 Å². The summed E-state index contributed by atoms with van der Waals surface area (Å²) in [7, 11) is 0. The van der Waals surface area contributed by atoms with Gasteiger partial charge in [-0.25, -0.2) is 0 Å². The van der Waals surface area contributed by atoms with Gasteiger partial charge in [0.05, 0.1) is 0 Å². The molecule has 0 bridgehead atoms. The third-order valence-corrected chi connectivity index (χ3v) is 4.19. The monoisotopic (exact) mass is 302 g/mol. The quantitative estimate of drug-likeness (QED) is 0.259. The van der Waals surface area contributed by atoms with E-state index in [0.717, 1.165) is 6.54 Å². The molecule has 127 valence electrons. The molecule has 0 amide bonds. The van der Waals surface area contributed by atoms with Crippen molar-refractivity contribution in [2.75, 3.05) is 19.6 Å². The minimum atomic E-state index is 0.